The van der Waals surface area contributed by atoms with E-state index in [0.29, 0.717) is 31.2 Å². The van der Waals surface area contributed by atoms with Crippen LogP contribution in [0.5, 0.6) is 0 Å². The van der Waals surface area contributed by atoms with Gasteiger partial charge in [-0.25, -0.2) is 24.2 Å². The molecule has 0 aliphatic carbocycles. The lowest BCUT2D eigenvalue weighted by atomic mass is 10.1. The Hall–Kier alpha value is -3.97. The third-order valence-corrected chi connectivity index (χ3v) is 9.25. The van der Waals surface area contributed by atoms with Crippen LogP contribution in [0.2, 0.25) is 0 Å². The Bertz CT molecular complexity index is 1470. The van der Waals surface area contributed by atoms with E-state index in [1.165, 1.54) is 20.0 Å². The molecule has 2 bridgehead atoms. The van der Waals surface area contributed by atoms with Crippen LogP contribution in [0.1, 0.15) is 44.6 Å². The number of rotatable bonds is 7. The van der Waals surface area contributed by atoms with Gasteiger partial charge in [0.25, 0.3) is 0 Å². The van der Waals surface area contributed by atoms with Crippen LogP contribution >= 0.6 is 0 Å². The number of hydrogen-bond donors (Lipinski definition) is 1. The lowest BCUT2D eigenvalue weighted by molar-refractivity contribution is 0.0303. The summed E-state index contributed by atoms with van der Waals surface area (Å²) in [6.45, 7) is 6.06. The molecule has 2 aromatic heterocycles. The van der Waals surface area contributed by atoms with E-state index in [1.807, 2.05) is 35.1 Å². The quantitative estimate of drug-likeness (QED) is 0.424. The fraction of sp³-hybridized carbons (Fsp3) is 0.581. The standard InChI is InChI=1S/C31H40N8O5/c1-42-31(41)37-14-10-23(11-15-37)39-29-26(18-32-39)28(38-19-24-8-9-25(20-38)44-24)34-27(35-29)21-4-6-22(7-5-21)33-30(40)43-17-16-36-12-2-3-13-36/h4-7,18,23-25H,2-3,8-17,19-20H2,1H3,(H,33,40). The lowest BCUT2D eigenvalue weighted by Gasteiger charge is -2.33. The molecule has 0 saturated carbocycles. The van der Waals surface area contributed by atoms with E-state index in [2.05, 4.69) is 15.1 Å². The zero-order chi connectivity index (χ0) is 30.0. The zero-order valence-electron chi connectivity index (χ0n) is 25.2. The van der Waals surface area contributed by atoms with Gasteiger partial charge in [0, 0.05) is 44.0 Å². The maximum atomic E-state index is 12.4. The number of morpholine rings is 1. The van der Waals surface area contributed by atoms with E-state index >= 15 is 0 Å². The minimum absolute atomic E-state index is 0.105. The largest absolute Gasteiger partial charge is 0.453 e. The summed E-state index contributed by atoms with van der Waals surface area (Å²) < 4.78 is 18.4. The summed E-state index contributed by atoms with van der Waals surface area (Å²) in [5.74, 6) is 1.46. The number of aromatic nitrogens is 4. The van der Waals surface area contributed by atoms with E-state index in [0.717, 1.165) is 80.8 Å². The Balaban J connectivity index is 1.12. The summed E-state index contributed by atoms with van der Waals surface area (Å²) >= 11 is 0. The van der Waals surface area contributed by atoms with E-state index in [-0.39, 0.29) is 24.3 Å². The minimum Gasteiger partial charge on any atom is -0.453 e. The number of nitrogens with one attached hydrogen (secondary N) is 1. The number of likely N-dealkylation sites (tertiary alicyclic amines) is 2. The van der Waals surface area contributed by atoms with Gasteiger partial charge in [-0.3, -0.25) is 10.2 Å². The van der Waals surface area contributed by atoms with Crippen LogP contribution in [-0.4, -0.2) is 113 Å². The fourth-order valence-electron chi connectivity index (χ4n) is 6.89. The molecule has 234 valence electrons. The number of anilines is 2. The molecule has 0 radical (unpaired) electrons. The summed E-state index contributed by atoms with van der Waals surface area (Å²) in [6, 6.07) is 7.64. The second kappa shape index (κ2) is 12.6. The Morgan fingerprint density at radius 3 is 2.41 bits per heavy atom. The summed E-state index contributed by atoms with van der Waals surface area (Å²) in [6.07, 6.45) is 7.61. The molecule has 7 rings (SSSR count). The van der Waals surface area contributed by atoms with Crippen molar-refractivity contribution in [3.8, 4) is 11.4 Å². The first-order valence-electron chi connectivity index (χ1n) is 15.8. The Kier molecular flexibility index (Phi) is 8.22. The third kappa shape index (κ3) is 6.03. The molecule has 3 aromatic rings. The first-order chi connectivity index (χ1) is 21.5. The number of hydrogen-bond acceptors (Lipinski definition) is 10. The molecule has 1 aromatic carbocycles. The molecular formula is C31H40N8O5. The highest BCUT2D eigenvalue weighted by Gasteiger charge is 2.36. The van der Waals surface area contributed by atoms with Gasteiger partial charge >= 0.3 is 12.2 Å². The number of benzene rings is 1. The predicted molar refractivity (Wildman–Crippen MR) is 164 cm³/mol. The second-order valence-electron chi connectivity index (χ2n) is 12.1. The van der Waals surface area contributed by atoms with Gasteiger partial charge in [-0.2, -0.15) is 5.10 Å². The van der Waals surface area contributed by atoms with Gasteiger partial charge in [0.05, 0.1) is 36.9 Å². The molecule has 13 heteroatoms. The number of piperidine rings is 1. The monoisotopic (exact) mass is 604 g/mol. The summed E-state index contributed by atoms with van der Waals surface area (Å²) in [4.78, 5) is 40.9. The van der Waals surface area contributed by atoms with Gasteiger partial charge in [-0.1, -0.05) is 0 Å². The normalized spacial score (nSPS) is 22.5. The molecular weight excluding hydrogens is 564 g/mol. The van der Waals surface area contributed by atoms with Crippen molar-refractivity contribution in [1.29, 1.82) is 0 Å². The Labute approximate surface area is 256 Å². The SMILES string of the molecule is COC(=O)N1CCC(n2ncc3c(N4CC5CCC(C4)O5)nc(-c4ccc(NC(=O)OCCN5CCCC5)cc4)nc32)CC1. The molecule has 44 heavy (non-hydrogen) atoms. The Morgan fingerprint density at radius 1 is 0.977 bits per heavy atom. The van der Waals surface area contributed by atoms with Gasteiger partial charge in [-0.05, 0) is 75.9 Å². The topological polar surface area (TPSA) is 127 Å². The lowest BCUT2D eigenvalue weighted by Crippen LogP contribution is -2.43. The summed E-state index contributed by atoms with van der Waals surface area (Å²) in [5.41, 5.74) is 2.27. The number of carbonyl (C=O) groups excluding carboxylic acids is 2. The van der Waals surface area contributed by atoms with E-state index in [9.17, 15) is 9.59 Å². The van der Waals surface area contributed by atoms with Gasteiger partial charge in [-0.15, -0.1) is 0 Å². The van der Waals surface area contributed by atoms with Crippen LogP contribution in [0, 0.1) is 0 Å². The molecule has 0 spiro atoms. The second-order valence-corrected chi connectivity index (χ2v) is 12.1. The number of fused-ring (bicyclic) bond motifs is 3. The number of ether oxygens (including phenoxy) is 3. The average molecular weight is 605 g/mol. The molecule has 4 fully saturated rings. The number of methoxy groups -OCH3 is 1. The van der Waals surface area contributed by atoms with Crippen molar-refractivity contribution in [3.05, 3.63) is 30.5 Å². The first kappa shape index (κ1) is 28.8. The van der Waals surface area contributed by atoms with Crippen LogP contribution in [0.15, 0.2) is 30.5 Å². The van der Waals surface area contributed by atoms with Crippen LogP contribution in [0.25, 0.3) is 22.4 Å². The summed E-state index contributed by atoms with van der Waals surface area (Å²) in [7, 11) is 1.41. The number of amides is 2. The van der Waals surface area contributed by atoms with Crippen molar-refractivity contribution in [2.75, 3.05) is 69.7 Å². The van der Waals surface area contributed by atoms with E-state index in [4.69, 9.17) is 29.3 Å². The number of nitrogens with zero attached hydrogens (tertiary/aromatic N) is 7. The van der Waals surface area contributed by atoms with Crippen LogP contribution < -0.4 is 10.2 Å². The molecule has 4 aliphatic rings. The Morgan fingerprint density at radius 2 is 1.70 bits per heavy atom. The van der Waals surface area contributed by atoms with Gasteiger partial charge in [0.15, 0.2) is 11.5 Å². The third-order valence-electron chi connectivity index (χ3n) is 9.25. The smallest absolute Gasteiger partial charge is 0.411 e. The zero-order valence-corrected chi connectivity index (χ0v) is 25.2. The molecule has 4 aliphatic heterocycles. The molecule has 6 heterocycles. The first-order valence-corrected chi connectivity index (χ1v) is 15.8. The van der Waals surface area contributed by atoms with Crippen LogP contribution in [0.3, 0.4) is 0 Å². The maximum absolute atomic E-state index is 12.4. The van der Waals surface area contributed by atoms with Crippen molar-refractivity contribution in [2.24, 2.45) is 0 Å². The molecule has 2 atom stereocenters. The van der Waals surface area contributed by atoms with Crippen molar-refractivity contribution < 1.29 is 23.8 Å². The van der Waals surface area contributed by atoms with E-state index in [1.54, 1.807) is 4.90 Å². The molecule has 2 amide bonds. The minimum atomic E-state index is -0.457. The van der Waals surface area contributed by atoms with E-state index < -0.39 is 6.09 Å². The van der Waals surface area contributed by atoms with Crippen molar-refractivity contribution >= 4 is 34.7 Å². The molecule has 2 unspecified atom stereocenters. The van der Waals surface area contributed by atoms with Crippen LogP contribution in [-0.2, 0) is 14.2 Å². The van der Waals surface area contributed by atoms with Gasteiger partial charge in [0.2, 0.25) is 0 Å². The summed E-state index contributed by atoms with van der Waals surface area (Å²) in [5, 5.41) is 8.55. The maximum Gasteiger partial charge on any atom is 0.411 e. The van der Waals surface area contributed by atoms with Crippen molar-refractivity contribution in [2.45, 2.75) is 56.8 Å². The molecule has 4 saturated heterocycles. The number of carbonyl (C=O) groups is 2. The molecule has 13 nitrogen and oxygen atoms in total. The highest BCUT2D eigenvalue weighted by atomic mass is 16.6. The highest BCUT2D eigenvalue weighted by molar-refractivity contribution is 5.89. The van der Waals surface area contributed by atoms with Crippen molar-refractivity contribution in [1.82, 2.24) is 29.5 Å². The van der Waals surface area contributed by atoms with Gasteiger partial charge < -0.3 is 24.0 Å². The fourth-order valence-corrected chi connectivity index (χ4v) is 6.89. The predicted octanol–water partition coefficient (Wildman–Crippen LogP) is 3.91. The average Bonchev–Trinajstić information content (AvgIpc) is 3.81. The van der Waals surface area contributed by atoms with Gasteiger partial charge in [0.1, 0.15) is 12.4 Å². The molecule has 1 N–H and O–H groups in total. The van der Waals surface area contributed by atoms with Crippen LogP contribution in [0.4, 0.5) is 21.1 Å². The van der Waals surface area contributed by atoms with Crippen molar-refractivity contribution in [3.63, 3.8) is 0 Å². The highest BCUT2D eigenvalue weighted by Crippen LogP contribution is 2.35.